The lowest BCUT2D eigenvalue weighted by molar-refractivity contribution is 0.265. The van der Waals surface area contributed by atoms with E-state index < -0.39 is 0 Å². The zero-order valence-electron chi connectivity index (χ0n) is 15.4. The van der Waals surface area contributed by atoms with Crippen molar-refractivity contribution in [1.29, 1.82) is 0 Å². The molecule has 0 radical (unpaired) electrons. The summed E-state index contributed by atoms with van der Waals surface area (Å²) in [5.41, 5.74) is 1.09. The maximum absolute atomic E-state index is 12.8. The molecule has 0 aliphatic carbocycles. The molecule has 5 nitrogen and oxygen atoms in total. The van der Waals surface area contributed by atoms with E-state index in [2.05, 4.69) is 15.6 Å². The predicted molar refractivity (Wildman–Crippen MR) is 118 cm³/mol. The summed E-state index contributed by atoms with van der Waals surface area (Å²) in [6.45, 7) is 1.88. The molecule has 0 heterocycles. The lowest BCUT2D eigenvalue weighted by atomic mass is 10.0. The molecule has 7 heteroatoms. The molecule has 0 aliphatic rings. The summed E-state index contributed by atoms with van der Waals surface area (Å²) in [6.07, 6.45) is 0.778. The van der Waals surface area contributed by atoms with E-state index in [1.165, 1.54) is 12.1 Å². The molecule has 1 unspecified atom stereocenters. The highest BCUT2D eigenvalue weighted by atomic mass is 127. The monoisotopic (exact) mass is 487 g/mol. The molecule has 0 saturated heterocycles. The van der Waals surface area contributed by atoms with Gasteiger partial charge >= 0.3 is 0 Å². The molecule has 0 aromatic heterocycles. The molecular formula is C20H27FIN3O2. The highest BCUT2D eigenvalue weighted by Gasteiger charge is 2.10. The minimum Gasteiger partial charge on any atom is -0.494 e. The number of nitrogens with zero attached hydrogens (tertiary/aromatic N) is 1. The van der Waals surface area contributed by atoms with Crippen molar-refractivity contribution in [3.05, 3.63) is 66.0 Å². The van der Waals surface area contributed by atoms with Crippen LogP contribution in [0, 0.1) is 5.82 Å². The minimum absolute atomic E-state index is 0. The topological polar surface area (TPSA) is 65.9 Å². The van der Waals surface area contributed by atoms with Crippen molar-refractivity contribution in [2.24, 2.45) is 4.99 Å². The van der Waals surface area contributed by atoms with Gasteiger partial charge in [0, 0.05) is 26.1 Å². The van der Waals surface area contributed by atoms with Gasteiger partial charge in [0.25, 0.3) is 0 Å². The van der Waals surface area contributed by atoms with E-state index >= 15 is 0 Å². The van der Waals surface area contributed by atoms with E-state index in [0.717, 1.165) is 12.0 Å². The molecule has 27 heavy (non-hydrogen) atoms. The van der Waals surface area contributed by atoms with Crippen LogP contribution in [-0.2, 0) is 0 Å². The maximum Gasteiger partial charge on any atom is 0.191 e. The second-order valence-corrected chi connectivity index (χ2v) is 5.83. The van der Waals surface area contributed by atoms with Crippen LogP contribution in [0.15, 0.2) is 59.6 Å². The highest BCUT2D eigenvalue weighted by Crippen LogP contribution is 2.13. The van der Waals surface area contributed by atoms with Gasteiger partial charge in [-0.3, -0.25) is 4.99 Å². The van der Waals surface area contributed by atoms with Crippen molar-refractivity contribution in [3.8, 4) is 5.75 Å². The van der Waals surface area contributed by atoms with Gasteiger partial charge in [0.05, 0.1) is 13.2 Å². The minimum atomic E-state index is -0.273. The number of hydrogen-bond acceptors (Lipinski definition) is 3. The van der Waals surface area contributed by atoms with Gasteiger partial charge in [0.2, 0.25) is 0 Å². The summed E-state index contributed by atoms with van der Waals surface area (Å²) >= 11 is 0. The van der Waals surface area contributed by atoms with E-state index in [0.29, 0.717) is 31.4 Å². The zero-order valence-corrected chi connectivity index (χ0v) is 17.7. The SMILES string of the molecule is CN=C(NCCCOc1ccc(F)cc1)NCC(CO)c1ccccc1.I. The van der Waals surface area contributed by atoms with Crippen molar-refractivity contribution < 1.29 is 14.2 Å². The third-order valence-corrected chi connectivity index (χ3v) is 3.93. The van der Waals surface area contributed by atoms with Crippen LogP contribution in [0.25, 0.3) is 0 Å². The van der Waals surface area contributed by atoms with E-state index in [9.17, 15) is 9.50 Å². The molecule has 0 saturated carbocycles. The molecule has 0 aliphatic heterocycles. The molecule has 2 aromatic carbocycles. The lowest BCUT2D eigenvalue weighted by Gasteiger charge is -2.18. The number of nitrogens with one attached hydrogen (secondary N) is 2. The fourth-order valence-electron chi connectivity index (χ4n) is 2.45. The molecule has 2 rings (SSSR count). The summed E-state index contributed by atoms with van der Waals surface area (Å²) in [5, 5.41) is 16.0. The Labute approximate surface area is 177 Å². The average Bonchev–Trinajstić information content (AvgIpc) is 2.68. The van der Waals surface area contributed by atoms with Crippen molar-refractivity contribution in [2.45, 2.75) is 12.3 Å². The van der Waals surface area contributed by atoms with Crippen LogP contribution < -0.4 is 15.4 Å². The van der Waals surface area contributed by atoms with Gasteiger partial charge in [0.1, 0.15) is 11.6 Å². The number of guanidine groups is 1. The lowest BCUT2D eigenvalue weighted by Crippen LogP contribution is -2.40. The number of ether oxygens (including phenoxy) is 1. The molecule has 148 valence electrons. The van der Waals surface area contributed by atoms with Crippen molar-refractivity contribution in [3.63, 3.8) is 0 Å². The first-order valence-electron chi connectivity index (χ1n) is 8.71. The Morgan fingerprint density at radius 3 is 2.44 bits per heavy atom. The third kappa shape index (κ3) is 8.57. The highest BCUT2D eigenvalue weighted by molar-refractivity contribution is 14.0. The van der Waals surface area contributed by atoms with Gasteiger partial charge < -0.3 is 20.5 Å². The van der Waals surface area contributed by atoms with Crippen LogP contribution in [0.3, 0.4) is 0 Å². The molecule has 0 bridgehead atoms. The Hall–Kier alpha value is -1.87. The van der Waals surface area contributed by atoms with Crippen LogP contribution >= 0.6 is 24.0 Å². The number of aliphatic hydroxyl groups is 1. The van der Waals surface area contributed by atoms with Crippen LogP contribution in [-0.4, -0.2) is 44.4 Å². The van der Waals surface area contributed by atoms with Crippen LogP contribution in [0.2, 0.25) is 0 Å². The van der Waals surface area contributed by atoms with E-state index in [1.807, 2.05) is 30.3 Å². The summed E-state index contributed by atoms with van der Waals surface area (Å²) in [7, 11) is 1.71. The average molecular weight is 487 g/mol. The summed E-state index contributed by atoms with van der Waals surface area (Å²) in [4.78, 5) is 4.18. The first-order valence-corrected chi connectivity index (χ1v) is 8.71. The molecule has 1 atom stereocenters. The fourth-order valence-corrected chi connectivity index (χ4v) is 2.45. The first-order chi connectivity index (χ1) is 12.7. The van der Waals surface area contributed by atoms with Crippen LogP contribution in [0.4, 0.5) is 4.39 Å². The molecule has 0 fully saturated rings. The second kappa shape index (κ2) is 13.3. The normalized spacial score (nSPS) is 12.0. The summed E-state index contributed by atoms with van der Waals surface area (Å²) in [5.74, 6) is 1.07. The molecule has 0 amide bonds. The zero-order chi connectivity index (χ0) is 18.6. The van der Waals surface area contributed by atoms with Gasteiger partial charge in [-0.1, -0.05) is 30.3 Å². The Bertz CT molecular complexity index is 669. The number of halogens is 2. The van der Waals surface area contributed by atoms with Crippen molar-refractivity contribution >= 4 is 29.9 Å². The van der Waals surface area contributed by atoms with Crippen LogP contribution in [0.5, 0.6) is 5.75 Å². The number of benzene rings is 2. The largest absolute Gasteiger partial charge is 0.494 e. The number of rotatable bonds is 9. The van der Waals surface area contributed by atoms with Crippen molar-refractivity contribution in [2.75, 3.05) is 33.4 Å². The molecule has 0 spiro atoms. The Morgan fingerprint density at radius 1 is 1.11 bits per heavy atom. The molecular weight excluding hydrogens is 460 g/mol. The first kappa shape index (κ1) is 23.2. The van der Waals surface area contributed by atoms with E-state index in [4.69, 9.17) is 4.74 Å². The Balaban J connectivity index is 0.00000364. The third-order valence-electron chi connectivity index (χ3n) is 3.93. The summed E-state index contributed by atoms with van der Waals surface area (Å²) < 4.78 is 18.4. The number of aliphatic imine (C=N–C) groups is 1. The van der Waals surface area contributed by atoms with Gasteiger partial charge in [-0.15, -0.1) is 24.0 Å². The number of aliphatic hydroxyl groups excluding tert-OH is 1. The van der Waals surface area contributed by atoms with E-state index in [-0.39, 0.29) is 42.3 Å². The van der Waals surface area contributed by atoms with Crippen LogP contribution in [0.1, 0.15) is 17.9 Å². The summed E-state index contributed by atoms with van der Waals surface area (Å²) in [6, 6.07) is 15.9. The Kier molecular flexibility index (Phi) is 11.4. The quantitative estimate of drug-likeness (QED) is 0.220. The molecule has 2 aromatic rings. The van der Waals surface area contributed by atoms with Gasteiger partial charge in [-0.05, 0) is 36.2 Å². The Morgan fingerprint density at radius 2 is 1.81 bits per heavy atom. The fraction of sp³-hybridized carbons (Fsp3) is 0.350. The molecule has 3 N–H and O–H groups in total. The smallest absolute Gasteiger partial charge is 0.191 e. The van der Waals surface area contributed by atoms with Gasteiger partial charge in [-0.25, -0.2) is 4.39 Å². The predicted octanol–water partition coefficient (Wildman–Crippen LogP) is 3.15. The number of hydrogen-bond donors (Lipinski definition) is 3. The van der Waals surface area contributed by atoms with E-state index in [1.54, 1.807) is 19.2 Å². The van der Waals surface area contributed by atoms with Gasteiger partial charge in [-0.2, -0.15) is 0 Å². The van der Waals surface area contributed by atoms with Gasteiger partial charge in [0.15, 0.2) is 5.96 Å². The van der Waals surface area contributed by atoms with Crippen molar-refractivity contribution in [1.82, 2.24) is 10.6 Å². The standard InChI is InChI=1S/C20H26FN3O2.HI/c1-22-20(24-14-17(15-25)16-6-3-2-4-7-16)23-12-5-13-26-19-10-8-18(21)9-11-19;/h2-4,6-11,17,25H,5,12-15H2,1H3,(H2,22,23,24);1H. The second-order valence-electron chi connectivity index (χ2n) is 5.83. The maximum atomic E-state index is 12.8.